The van der Waals surface area contributed by atoms with Gasteiger partial charge in [-0.1, -0.05) is 0 Å². The molecule has 17 heavy (non-hydrogen) atoms. The molecule has 0 saturated carbocycles. The van der Waals surface area contributed by atoms with Crippen molar-refractivity contribution in [2.45, 2.75) is 6.10 Å². The second kappa shape index (κ2) is 4.64. The van der Waals surface area contributed by atoms with Crippen LogP contribution in [0.3, 0.4) is 0 Å². The zero-order chi connectivity index (χ0) is 11.5. The van der Waals surface area contributed by atoms with Gasteiger partial charge in [0, 0.05) is 25.5 Å². The van der Waals surface area contributed by atoms with E-state index in [1.54, 1.807) is 23.1 Å². The Labute approximate surface area is 97.8 Å². The molecule has 1 unspecified atom stereocenters. The van der Waals surface area contributed by atoms with Gasteiger partial charge in [0.2, 0.25) is 5.65 Å². The van der Waals surface area contributed by atoms with Gasteiger partial charge in [0.15, 0.2) is 0 Å². The van der Waals surface area contributed by atoms with Gasteiger partial charge in [-0.3, -0.25) is 4.40 Å². The third kappa shape index (κ3) is 2.20. The second-order valence-corrected chi connectivity index (χ2v) is 3.80. The first-order chi connectivity index (χ1) is 8.43. The van der Waals surface area contributed by atoms with Crippen LogP contribution in [0.2, 0.25) is 0 Å². The molecule has 1 aliphatic rings. The van der Waals surface area contributed by atoms with E-state index >= 15 is 0 Å². The number of fused-ring (bicyclic) bond motifs is 1. The summed E-state index contributed by atoms with van der Waals surface area (Å²) >= 11 is 0. The van der Waals surface area contributed by atoms with E-state index in [0.717, 1.165) is 19.7 Å². The van der Waals surface area contributed by atoms with Crippen molar-refractivity contribution in [1.29, 1.82) is 0 Å². The average Bonchev–Trinajstić information content (AvgIpc) is 2.86. The molecule has 90 valence electrons. The van der Waals surface area contributed by atoms with Crippen LogP contribution in [-0.4, -0.2) is 52.0 Å². The fourth-order valence-electron chi connectivity index (χ4n) is 1.74. The molecule has 0 bridgehead atoms. The summed E-state index contributed by atoms with van der Waals surface area (Å²) in [6, 6.07) is 0. The van der Waals surface area contributed by atoms with E-state index < -0.39 is 0 Å². The molecule has 1 atom stereocenters. The SMILES string of the molecule is c1cn2cnnc2c(OCC2CNCCO2)n1. The molecule has 3 heterocycles. The zero-order valence-electron chi connectivity index (χ0n) is 9.24. The van der Waals surface area contributed by atoms with Crippen LogP contribution in [0, 0.1) is 0 Å². The first-order valence-corrected chi connectivity index (χ1v) is 5.53. The molecule has 0 aromatic carbocycles. The highest BCUT2D eigenvalue weighted by Gasteiger charge is 2.15. The van der Waals surface area contributed by atoms with Gasteiger partial charge in [0.05, 0.1) is 6.61 Å². The molecule has 1 saturated heterocycles. The second-order valence-electron chi connectivity index (χ2n) is 3.80. The third-order valence-corrected chi connectivity index (χ3v) is 2.59. The molecule has 0 spiro atoms. The van der Waals surface area contributed by atoms with Gasteiger partial charge < -0.3 is 14.8 Å². The number of nitrogens with zero attached hydrogens (tertiary/aromatic N) is 4. The summed E-state index contributed by atoms with van der Waals surface area (Å²) in [5, 5.41) is 11.0. The molecular formula is C10H13N5O2. The van der Waals surface area contributed by atoms with Crippen LogP contribution >= 0.6 is 0 Å². The lowest BCUT2D eigenvalue weighted by molar-refractivity contribution is -0.000515. The van der Waals surface area contributed by atoms with Gasteiger partial charge in [0.1, 0.15) is 19.0 Å². The molecule has 7 heteroatoms. The minimum atomic E-state index is 0.0636. The topological polar surface area (TPSA) is 73.6 Å². The summed E-state index contributed by atoms with van der Waals surface area (Å²) in [6.45, 7) is 2.88. The van der Waals surface area contributed by atoms with Crippen molar-refractivity contribution >= 4 is 5.65 Å². The van der Waals surface area contributed by atoms with Crippen molar-refractivity contribution in [3.8, 4) is 5.88 Å². The lowest BCUT2D eigenvalue weighted by Crippen LogP contribution is -2.41. The Morgan fingerprint density at radius 3 is 3.47 bits per heavy atom. The van der Waals surface area contributed by atoms with Crippen LogP contribution in [0.5, 0.6) is 5.88 Å². The Hall–Kier alpha value is -1.73. The van der Waals surface area contributed by atoms with Crippen LogP contribution in [0.15, 0.2) is 18.7 Å². The highest BCUT2D eigenvalue weighted by atomic mass is 16.5. The predicted octanol–water partition coefficient (Wildman–Crippen LogP) is -0.509. The highest BCUT2D eigenvalue weighted by Crippen LogP contribution is 2.13. The van der Waals surface area contributed by atoms with Crippen LogP contribution in [-0.2, 0) is 4.74 Å². The summed E-state index contributed by atoms with van der Waals surface area (Å²) in [4.78, 5) is 4.14. The van der Waals surface area contributed by atoms with E-state index in [1.807, 2.05) is 0 Å². The van der Waals surface area contributed by atoms with E-state index in [2.05, 4.69) is 20.5 Å². The molecule has 1 N–H and O–H groups in total. The summed E-state index contributed by atoms with van der Waals surface area (Å²) in [6.07, 6.45) is 5.11. The third-order valence-electron chi connectivity index (χ3n) is 2.59. The Bertz CT molecular complexity index is 494. The van der Waals surface area contributed by atoms with Gasteiger partial charge in [0.25, 0.3) is 5.88 Å². The highest BCUT2D eigenvalue weighted by molar-refractivity contribution is 5.47. The summed E-state index contributed by atoms with van der Waals surface area (Å²) in [5.41, 5.74) is 0.622. The van der Waals surface area contributed by atoms with E-state index in [-0.39, 0.29) is 6.10 Å². The zero-order valence-corrected chi connectivity index (χ0v) is 9.24. The number of nitrogens with one attached hydrogen (secondary N) is 1. The van der Waals surface area contributed by atoms with Crippen molar-refractivity contribution in [2.75, 3.05) is 26.3 Å². The minimum Gasteiger partial charge on any atom is -0.472 e. The Balaban J connectivity index is 1.69. The lowest BCUT2D eigenvalue weighted by atomic mass is 10.3. The predicted molar refractivity (Wildman–Crippen MR) is 58.9 cm³/mol. The summed E-state index contributed by atoms with van der Waals surface area (Å²) < 4.78 is 12.9. The maximum Gasteiger partial charge on any atom is 0.260 e. The maximum absolute atomic E-state index is 5.62. The monoisotopic (exact) mass is 235 g/mol. The van der Waals surface area contributed by atoms with Crippen molar-refractivity contribution in [1.82, 2.24) is 24.9 Å². The molecule has 3 rings (SSSR count). The number of rotatable bonds is 3. The van der Waals surface area contributed by atoms with Crippen LogP contribution < -0.4 is 10.1 Å². The number of aromatic nitrogens is 4. The smallest absolute Gasteiger partial charge is 0.260 e. The fraction of sp³-hybridized carbons (Fsp3) is 0.500. The molecule has 2 aromatic heterocycles. The van der Waals surface area contributed by atoms with Gasteiger partial charge in [-0.05, 0) is 0 Å². The first-order valence-electron chi connectivity index (χ1n) is 5.53. The first kappa shape index (κ1) is 10.4. The maximum atomic E-state index is 5.62. The van der Waals surface area contributed by atoms with Gasteiger partial charge in [-0.15, -0.1) is 10.2 Å². The number of hydrogen-bond acceptors (Lipinski definition) is 6. The summed E-state index contributed by atoms with van der Waals surface area (Å²) in [7, 11) is 0. The molecule has 0 aliphatic carbocycles. The Kier molecular flexibility index (Phi) is 2.85. The van der Waals surface area contributed by atoms with Crippen LogP contribution in [0.25, 0.3) is 5.65 Å². The minimum absolute atomic E-state index is 0.0636. The van der Waals surface area contributed by atoms with Gasteiger partial charge in [-0.2, -0.15) is 0 Å². The standard InChI is InChI=1S/C10H13N5O2/c1-3-15-7-13-14-9(15)10(12-1)17-6-8-5-11-2-4-16-8/h1,3,7-8,11H,2,4-6H2. The molecule has 1 aliphatic heterocycles. The average molecular weight is 235 g/mol. The van der Waals surface area contributed by atoms with E-state index in [1.165, 1.54) is 0 Å². The molecule has 0 amide bonds. The molecule has 7 nitrogen and oxygen atoms in total. The van der Waals surface area contributed by atoms with Crippen LogP contribution in [0.4, 0.5) is 0 Å². The van der Waals surface area contributed by atoms with Gasteiger partial charge in [-0.25, -0.2) is 4.98 Å². The van der Waals surface area contributed by atoms with Crippen molar-refractivity contribution in [2.24, 2.45) is 0 Å². The van der Waals surface area contributed by atoms with E-state index in [4.69, 9.17) is 9.47 Å². The molecule has 1 fully saturated rings. The van der Waals surface area contributed by atoms with Crippen LogP contribution in [0.1, 0.15) is 0 Å². The lowest BCUT2D eigenvalue weighted by Gasteiger charge is -2.23. The molecular weight excluding hydrogens is 222 g/mol. The van der Waals surface area contributed by atoms with Crippen molar-refractivity contribution in [3.05, 3.63) is 18.7 Å². The molecule has 0 radical (unpaired) electrons. The van der Waals surface area contributed by atoms with E-state index in [9.17, 15) is 0 Å². The molecule has 2 aromatic rings. The largest absolute Gasteiger partial charge is 0.472 e. The summed E-state index contributed by atoms with van der Waals surface area (Å²) in [5.74, 6) is 0.485. The van der Waals surface area contributed by atoms with Crippen molar-refractivity contribution < 1.29 is 9.47 Å². The fourth-order valence-corrected chi connectivity index (χ4v) is 1.74. The number of ether oxygens (including phenoxy) is 2. The Morgan fingerprint density at radius 1 is 1.59 bits per heavy atom. The van der Waals surface area contributed by atoms with Gasteiger partial charge >= 0.3 is 0 Å². The normalized spacial score (nSPS) is 20.6. The van der Waals surface area contributed by atoms with E-state index in [0.29, 0.717) is 18.1 Å². The quantitative estimate of drug-likeness (QED) is 0.772. The van der Waals surface area contributed by atoms with Crippen molar-refractivity contribution in [3.63, 3.8) is 0 Å². The Morgan fingerprint density at radius 2 is 2.59 bits per heavy atom. The number of morpholine rings is 1. The number of hydrogen-bond donors (Lipinski definition) is 1.